The lowest BCUT2D eigenvalue weighted by atomic mass is 10.2. The molecule has 0 aliphatic heterocycles. The topological polar surface area (TPSA) is 61.6 Å². The molecule has 1 aromatic carbocycles. The molecule has 0 aliphatic rings. The zero-order valence-electron chi connectivity index (χ0n) is 8.18. The molecular formula is C11H7FN4. The fraction of sp³-hybridized carbons (Fsp3) is 0. The van der Waals surface area contributed by atoms with Crippen LogP contribution in [0.25, 0.3) is 0 Å². The fourth-order valence-electron chi connectivity index (χ4n) is 1.22. The lowest BCUT2D eigenvalue weighted by Gasteiger charge is -2.04. The summed E-state index contributed by atoms with van der Waals surface area (Å²) in [6, 6.07) is 10.0. The van der Waals surface area contributed by atoms with E-state index in [1.807, 2.05) is 6.07 Å². The Bertz CT molecular complexity index is 548. The number of halogens is 1. The van der Waals surface area contributed by atoms with Gasteiger partial charge >= 0.3 is 0 Å². The van der Waals surface area contributed by atoms with Crippen LogP contribution in [0.4, 0.5) is 15.9 Å². The molecule has 0 radical (unpaired) electrons. The summed E-state index contributed by atoms with van der Waals surface area (Å²) in [5, 5.41) is 11.6. The minimum absolute atomic E-state index is 0.350. The minimum Gasteiger partial charge on any atom is -0.340 e. The van der Waals surface area contributed by atoms with Crippen LogP contribution < -0.4 is 5.32 Å². The Kier molecular flexibility index (Phi) is 2.74. The third-order valence-electron chi connectivity index (χ3n) is 1.90. The Labute approximate surface area is 91.4 Å². The van der Waals surface area contributed by atoms with E-state index in [1.54, 1.807) is 24.3 Å². The molecule has 1 aromatic heterocycles. The smallest absolute Gasteiger partial charge is 0.218 e. The number of hydrogen-bond donors (Lipinski definition) is 1. The average Bonchev–Trinajstić information content (AvgIpc) is 2.29. The number of anilines is 2. The second-order valence-corrected chi connectivity index (χ2v) is 3.04. The van der Waals surface area contributed by atoms with Crippen LogP contribution in [0.3, 0.4) is 0 Å². The number of rotatable bonds is 2. The van der Waals surface area contributed by atoms with Gasteiger partial charge in [-0.3, -0.25) is 0 Å². The monoisotopic (exact) mass is 214 g/mol. The van der Waals surface area contributed by atoms with Gasteiger partial charge in [-0.1, -0.05) is 6.07 Å². The summed E-state index contributed by atoms with van der Waals surface area (Å²) in [6.07, 6.45) is 1.13. The van der Waals surface area contributed by atoms with Gasteiger partial charge in [-0.05, 0) is 18.2 Å². The molecular weight excluding hydrogens is 207 g/mol. The van der Waals surface area contributed by atoms with Gasteiger partial charge < -0.3 is 5.32 Å². The maximum absolute atomic E-state index is 12.8. The maximum atomic E-state index is 12.8. The van der Waals surface area contributed by atoms with E-state index in [-0.39, 0.29) is 0 Å². The number of hydrogen-bond acceptors (Lipinski definition) is 4. The largest absolute Gasteiger partial charge is 0.340 e. The number of nitriles is 1. The predicted octanol–water partition coefficient (Wildman–Crippen LogP) is 2.23. The summed E-state index contributed by atoms with van der Waals surface area (Å²) >= 11 is 0. The van der Waals surface area contributed by atoms with E-state index >= 15 is 0 Å². The highest BCUT2D eigenvalue weighted by Crippen LogP contribution is 2.15. The average molecular weight is 214 g/mol. The third kappa shape index (κ3) is 2.30. The summed E-state index contributed by atoms with van der Waals surface area (Å²) in [6.45, 7) is 0. The molecule has 0 bridgehead atoms. The Morgan fingerprint density at radius 2 is 2.12 bits per heavy atom. The van der Waals surface area contributed by atoms with Crippen molar-refractivity contribution in [3.63, 3.8) is 0 Å². The van der Waals surface area contributed by atoms with Gasteiger partial charge in [0.15, 0.2) is 0 Å². The molecule has 2 rings (SSSR count). The van der Waals surface area contributed by atoms with Crippen molar-refractivity contribution in [2.45, 2.75) is 0 Å². The van der Waals surface area contributed by atoms with Crippen molar-refractivity contribution in [2.24, 2.45) is 0 Å². The Balaban J connectivity index is 2.24. The fourth-order valence-corrected chi connectivity index (χ4v) is 1.22. The van der Waals surface area contributed by atoms with E-state index < -0.39 is 5.95 Å². The van der Waals surface area contributed by atoms with E-state index in [9.17, 15) is 4.39 Å². The van der Waals surface area contributed by atoms with Gasteiger partial charge in [0, 0.05) is 11.8 Å². The molecule has 0 unspecified atom stereocenters. The van der Waals surface area contributed by atoms with E-state index in [2.05, 4.69) is 15.3 Å². The van der Waals surface area contributed by atoms with E-state index in [4.69, 9.17) is 5.26 Å². The van der Waals surface area contributed by atoms with Crippen LogP contribution in [0.1, 0.15) is 5.56 Å². The summed E-state index contributed by atoms with van der Waals surface area (Å²) in [5.74, 6) is -0.253. The summed E-state index contributed by atoms with van der Waals surface area (Å²) < 4.78 is 12.8. The van der Waals surface area contributed by atoms with Crippen molar-refractivity contribution in [3.05, 3.63) is 48.2 Å². The van der Waals surface area contributed by atoms with Crippen LogP contribution in [-0.4, -0.2) is 9.97 Å². The molecule has 5 heteroatoms. The molecule has 0 saturated heterocycles. The number of nitrogens with zero attached hydrogens (tertiary/aromatic N) is 3. The molecule has 16 heavy (non-hydrogen) atoms. The van der Waals surface area contributed by atoms with Crippen molar-refractivity contribution in [3.8, 4) is 6.07 Å². The van der Waals surface area contributed by atoms with Crippen LogP contribution >= 0.6 is 0 Å². The molecule has 4 nitrogen and oxygen atoms in total. The first-order valence-corrected chi connectivity index (χ1v) is 4.52. The van der Waals surface area contributed by atoms with Gasteiger partial charge in [-0.25, -0.2) is 9.97 Å². The third-order valence-corrected chi connectivity index (χ3v) is 1.90. The Hall–Kier alpha value is -2.48. The van der Waals surface area contributed by atoms with Crippen LogP contribution in [-0.2, 0) is 0 Å². The highest BCUT2D eigenvalue weighted by molar-refractivity contribution is 5.57. The molecule has 0 fully saturated rings. The summed E-state index contributed by atoms with van der Waals surface area (Å²) in [5.41, 5.74) is 1.21. The first kappa shape index (κ1) is 10.1. The minimum atomic E-state index is -0.603. The van der Waals surface area contributed by atoms with Crippen molar-refractivity contribution < 1.29 is 4.39 Å². The zero-order valence-corrected chi connectivity index (χ0v) is 8.18. The number of benzene rings is 1. The molecule has 0 aliphatic carbocycles. The van der Waals surface area contributed by atoms with E-state index in [0.29, 0.717) is 17.1 Å². The second kappa shape index (κ2) is 4.36. The zero-order chi connectivity index (χ0) is 11.4. The first-order chi connectivity index (χ1) is 7.78. The van der Waals surface area contributed by atoms with Crippen molar-refractivity contribution in [1.29, 1.82) is 5.26 Å². The number of aromatic nitrogens is 2. The maximum Gasteiger partial charge on any atom is 0.218 e. The van der Waals surface area contributed by atoms with Crippen molar-refractivity contribution in [2.75, 3.05) is 5.32 Å². The quantitative estimate of drug-likeness (QED) is 0.778. The molecule has 1 N–H and O–H groups in total. The molecule has 0 spiro atoms. The normalized spacial score (nSPS) is 9.50. The van der Waals surface area contributed by atoms with E-state index in [1.165, 1.54) is 6.07 Å². The second-order valence-electron chi connectivity index (χ2n) is 3.04. The standard InChI is InChI=1S/C11H7FN4/c12-10-5-11(15-7-14-10)16-9-3-1-2-8(4-9)6-13/h1-5,7H,(H,14,15,16). The molecule has 1 heterocycles. The van der Waals surface area contributed by atoms with Gasteiger partial charge in [-0.2, -0.15) is 9.65 Å². The van der Waals surface area contributed by atoms with E-state index in [0.717, 1.165) is 6.33 Å². The van der Waals surface area contributed by atoms with Crippen LogP contribution in [0.15, 0.2) is 36.7 Å². The van der Waals surface area contributed by atoms with Crippen molar-refractivity contribution in [1.82, 2.24) is 9.97 Å². The van der Waals surface area contributed by atoms with Crippen LogP contribution in [0.2, 0.25) is 0 Å². The summed E-state index contributed by atoms with van der Waals surface area (Å²) in [7, 11) is 0. The van der Waals surface area contributed by atoms with Gasteiger partial charge in [0.1, 0.15) is 12.1 Å². The molecule has 2 aromatic rings. The highest BCUT2D eigenvalue weighted by atomic mass is 19.1. The summed E-state index contributed by atoms with van der Waals surface area (Å²) in [4.78, 5) is 7.19. The first-order valence-electron chi connectivity index (χ1n) is 4.52. The van der Waals surface area contributed by atoms with Crippen LogP contribution in [0, 0.1) is 17.3 Å². The lowest BCUT2D eigenvalue weighted by Crippen LogP contribution is -1.95. The van der Waals surface area contributed by atoms with Gasteiger partial charge in [0.25, 0.3) is 0 Å². The van der Waals surface area contributed by atoms with Gasteiger partial charge in [0.05, 0.1) is 11.6 Å². The Morgan fingerprint density at radius 3 is 2.88 bits per heavy atom. The predicted molar refractivity (Wildman–Crippen MR) is 56.4 cm³/mol. The number of nitrogens with one attached hydrogen (secondary N) is 1. The van der Waals surface area contributed by atoms with Gasteiger partial charge in [0.2, 0.25) is 5.95 Å². The van der Waals surface area contributed by atoms with Crippen LogP contribution in [0.5, 0.6) is 0 Å². The van der Waals surface area contributed by atoms with Crippen molar-refractivity contribution >= 4 is 11.5 Å². The molecule has 0 saturated carbocycles. The highest BCUT2D eigenvalue weighted by Gasteiger charge is 1.99. The van der Waals surface area contributed by atoms with Gasteiger partial charge in [-0.15, -0.1) is 0 Å². The molecule has 78 valence electrons. The molecule has 0 amide bonds. The lowest BCUT2D eigenvalue weighted by molar-refractivity contribution is 0.580. The SMILES string of the molecule is N#Cc1cccc(Nc2cc(F)ncn2)c1. The Morgan fingerprint density at radius 1 is 1.25 bits per heavy atom. The molecule has 0 atom stereocenters.